The van der Waals surface area contributed by atoms with Crippen LogP contribution in [-0.2, 0) is 5.75 Å². The van der Waals surface area contributed by atoms with Gasteiger partial charge in [-0.2, -0.15) is 11.8 Å². The maximum Gasteiger partial charge on any atom is 0.126 e. The summed E-state index contributed by atoms with van der Waals surface area (Å²) in [6.45, 7) is 5.23. The summed E-state index contributed by atoms with van der Waals surface area (Å²) in [7, 11) is 0. The van der Waals surface area contributed by atoms with Crippen LogP contribution in [0.25, 0.3) is 0 Å². The van der Waals surface area contributed by atoms with E-state index in [-0.39, 0.29) is 0 Å². The summed E-state index contributed by atoms with van der Waals surface area (Å²) in [4.78, 5) is 4.48. The Balaban J connectivity index is 2.66. The van der Waals surface area contributed by atoms with Gasteiger partial charge in [-0.15, -0.1) is 0 Å². The van der Waals surface area contributed by atoms with Gasteiger partial charge in [-0.3, -0.25) is 0 Å². The van der Waals surface area contributed by atoms with Crippen LogP contribution in [0.15, 0.2) is 12.1 Å². The lowest BCUT2D eigenvalue weighted by atomic mass is 10.3. The maximum absolute atomic E-state index is 6.06. The third-order valence-electron chi connectivity index (χ3n) is 1.92. The second-order valence-corrected chi connectivity index (χ2v) is 4.87. The number of rotatable bonds is 6. The highest BCUT2D eigenvalue weighted by Gasteiger charge is 2.03. The number of anilines is 1. The minimum Gasteiger partial charge on any atom is -0.370 e. The van der Waals surface area contributed by atoms with Gasteiger partial charge in [0.05, 0.1) is 10.7 Å². The summed E-state index contributed by atoms with van der Waals surface area (Å²) in [5, 5.41) is 4.02. The fraction of sp³-hybridized carbons (Fsp3) is 0.545. The minimum atomic E-state index is 0.762. The Labute approximate surface area is 101 Å². The van der Waals surface area contributed by atoms with E-state index < -0.39 is 0 Å². The molecule has 0 aliphatic rings. The highest BCUT2D eigenvalue weighted by Crippen LogP contribution is 2.21. The van der Waals surface area contributed by atoms with Crippen molar-refractivity contribution < 1.29 is 0 Å². The zero-order valence-electron chi connectivity index (χ0n) is 9.22. The molecule has 0 saturated heterocycles. The van der Waals surface area contributed by atoms with E-state index in [1.807, 2.05) is 23.9 Å². The first-order valence-corrected chi connectivity index (χ1v) is 6.78. The van der Waals surface area contributed by atoms with Crippen LogP contribution in [-0.4, -0.2) is 17.3 Å². The molecule has 0 radical (unpaired) electrons. The molecule has 1 aromatic rings. The van der Waals surface area contributed by atoms with E-state index >= 15 is 0 Å². The highest BCUT2D eigenvalue weighted by molar-refractivity contribution is 7.98. The molecule has 0 aliphatic heterocycles. The topological polar surface area (TPSA) is 24.9 Å². The van der Waals surface area contributed by atoms with Crippen LogP contribution >= 0.6 is 23.4 Å². The first-order chi connectivity index (χ1) is 7.27. The van der Waals surface area contributed by atoms with Crippen molar-refractivity contribution in [2.75, 3.05) is 17.6 Å². The molecule has 0 atom stereocenters. The van der Waals surface area contributed by atoms with Crippen molar-refractivity contribution in [3.8, 4) is 0 Å². The van der Waals surface area contributed by atoms with E-state index in [9.17, 15) is 0 Å². The van der Waals surface area contributed by atoms with Crippen molar-refractivity contribution in [3.63, 3.8) is 0 Å². The van der Waals surface area contributed by atoms with E-state index in [1.165, 1.54) is 0 Å². The van der Waals surface area contributed by atoms with Gasteiger partial charge in [0.25, 0.3) is 0 Å². The second-order valence-electron chi connectivity index (χ2n) is 3.19. The largest absolute Gasteiger partial charge is 0.370 e. The van der Waals surface area contributed by atoms with Crippen LogP contribution in [0.2, 0.25) is 5.02 Å². The van der Waals surface area contributed by atoms with Gasteiger partial charge in [0.15, 0.2) is 0 Å². The summed E-state index contributed by atoms with van der Waals surface area (Å²) in [6, 6.07) is 3.84. The van der Waals surface area contributed by atoms with Crippen molar-refractivity contribution in [2.24, 2.45) is 0 Å². The summed E-state index contributed by atoms with van der Waals surface area (Å²) < 4.78 is 0. The van der Waals surface area contributed by atoms with E-state index in [2.05, 4.69) is 24.1 Å². The van der Waals surface area contributed by atoms with Crippen LogP contribution in [0.3, 0.4) is 0 Å². The Morgan fingerprint density at radius 3 is 2.87 bits per heavy atom. The van der Waals surface area contributed by atoms with E-state index in [0.29, 0.717) is 0 Å². The SMILES string of the molecule is CCCNc1ccc(Cl)c(CSCC)n1. The Bertz CT molecular complexity index is 305. The molecule has 15 heavy (non-hydrogen) atoms. The smallest absolute Gasteiger partial charge is 0.126 e. The van der Waals surface area contributed by atoms with Crippen molar-refractivity contribution in [3.05, 3.63) is 22.8 Å². The summed E-state index contributed by atoms with van der Waals surface area (Å²) in [5.41, 5.74) is 0.976. The number of halogens is 1. The summed E-state index contributed by atoms with van der Waals surface area (Å²) in [6.07, 6.45) is 1.10. The van der Waals surface area contributed by atoms with Gasteiger partial charge in [0, 0.05) is 12.3 Å². The predicted molar refractivity (Wildman–Crippen MR) is 69.9 cm³/mol. The molecule has 1 heterocycles. The average Bonchev–Trinajstić information content (AvgIpc) is 2.26. The van der Waals surface area contributed by atoms with Gasteiger partial charge in [0.1, 0.15) is 5.82 Å². The molecular weight excluding hydrogens is 228 g/mol. The predicted octanol–water partition coefficient (Wildman–Crippen LogP) is 3.81. The maximum atomic E-state index is 6.06. The molecule has 0 fully saturated rings. The monoisotopic (exact) mass is 244 g/mol. The third-order valence-corrected chi connectivity index (χ3v) is 3.15. The molecule has 0 aliphatic carbocycles. The average molecular weight is 245 g/mol. The number of hydrogen-bond donors (Lipinski definition) is 1. The van der Waals surface area contributed by atoms with Gasteiger partial charge in [0.2, 0.25) is 0 Å². The molecule has 0 bridgehead atoms. The second kappa shape index (κ2) is 6.96. The number of thioether (sulfide) groups is 1. The van der Waals surface area contributed by atoms with Crippen molar-refractivity contribution in [1.29, 1.82) is 0 Å². The van der Waals surface area contributed by atoms with Gasteiger partial charge in [-0.1, -0.05) is 25.4 Å². The fourth-order valence-corrected chi connectivity index (χ4v) is 2.00. The molecule has 0 aromatic carbocycles. The summed E-state index contributed by atoms with van der Waals surface area (Å²) in [5.74, 6) is 2.90. The Morgan fingerprint density at radius 2 is 2.20 bits per heavy atom. The van der Waals surface area contributed by atoms with Crippen LogP contribution < -0.4 is 5.32 Å². The molecule has 0 unspecified atom stereocenters. The molecule has 2 nitrogen and oxygen atoms in total. The van der Waals surface area contributed by atoms with Gasteiger partial charge in [-0.05, 0) is 24.3 Å². The van der Waals surface area contributed by atoms with E-state index in [1.54, 1.807) is 0 Å². The Morgan fingerprint density at radius 1 is 1.40 bits per heavy atom. The third kappa shape index (κ3) is 4.31. The zero-order chi connectivity index (χ0) is 11.1. The quantitative estimate of drug-likeness (QED) is 0.824. The lowest BCUT2D eigenvalue weighted by molar-refractivity contribution is 0.965. The first kappa shape index (κ1) is 12.7. The number of nitrogens with zero attached hydrogens (tertiary/aromatic N) is 1. The number of aromatic nitrogens is 1. The minimum absolute atomic E-state index is 0.762. The standard InChI is InChI=1S/C11H17ClN2S/c1-3-7-13-11-6-5-9(12)10(14-11)8-15-4-2/h5-6H,3-4,7-8H2,1-2H3,(H,13,14). The van der Waals surface area contributed by atoms with E-state index in [4.69, 9.17) is 11.6 Å². The van der Waals surface area contributed by atoms with Gasteiger partial charge >= 0.3 is 0 Å². The molecule has 0 saturated carbocycles. The molecule has 0 amide bonds. The lowest BCUT2D eigenvalue weighted by Crippen LogP contribution is -2.03. The Kier molecular flexibility index (Phi) is 5.88. The lowest BCUT2D eigenvalue weighted by Gasteiger charge is -2.07. The molecule has 0 spiro atoms. The molecule has 1 aromatic heterocycles. The van der Waals surface area contributed by atoms with Crippen LogP contribution in [0.1, 0.15) is 26.0 Å². The molecule has 1 rings (SSSR count). The van der Waals surface area contributed by atoms with Crippen LogP contribution in [0, 0.1) is 0 Å². The fourth-order valence-electron chi connectivity index (χ4n) is 1.14. The van der Waals surface area contributed by atoms with Crippen molar-refractivity contribution in [1.82, 2.24) is 4.98 Å². The van der Waals surface area contributed by atoms with Crippen molar-refractivity contribution >= 4 is 29.2 Å². The van der Waals surface area contributed by atoms with Crippen molar-refractivity contribution in [2.45, 2.75) is 26.0 Å². The van der Waals surface area contributed by atoms with Crippen LogP contribution in [0.5, 0.6) is 0 Å². The number of hydrogen-bond acceptors (Lipinski definition) is 3. The Hall–Kier alpha value is -0.410. The number of nitrogens with one attached hydrogen (secondary N) is 1. The first-order valence-electron chi connectivity index (χ1n) is 5.25. The zero-order valence-corrected chi connectivity index (χ0v) is 10.8. The molecule has 84 valence electrons. The van der Waals surface area contributed by atoms with E-state index in [0.717, 1.165) is 41.0 Å². The molecule has 4 heteroatoms. The summed E-state index contributed by atoms with van der Waals surface area (Å²) >= 11 is 7.90. The molecule has 1 N–H and O–H groups in total. The number of pyridine rings is 1. The molecular formula is C11H17ClN2S. The normalized spacial score (nSPS) is 10.3. The highest BCUT2D eigenvalue weighted by atomic mass is 35.5. The van der Waals surface area contributed by atoms with Gasteiger partial charge in [-0.25, -0.2) is 4.98 Å². The van der Waals surface area contributed by atoms with Crippen LogP contribution in [0.4, 0.5) is 5.82 Å². The van der Waals surface area contributed by atoms with Gasteiger partial charge < -0.3 is 5.32 Å².